The molecule has 0 aliphatic heterocycles. The molecular weight excluding hydrogens is 588 g/mol. The SMILES string of the molecule is CCCS(=O)(=O)Nc1cccc(C(=O)N[C@@H](CC(C)C)[C@@H](O)C[C@@H](C)C(=O)N[C@@H](C)C(=O)NCc2ccc(C(=O)O)cc2)c1. The highest BCUT2D eigenvalue weighted by Crippen LogP contribution is 2.18. The van der Waals surface area contributed by atoms with Crippen LogP contribution in [-0.4, -0.2) is 66.3 Å². The molecule has 13 heteroatoms. The molecule has 0 aliphatic rings. The third-order valence-electron chi connectivity index (χ3n) is 6.84. The molecule has 0 radical (unpaired) electrons. The lowest BCUT2D eigenvalue weighted by molar-refractivity contribution is -0.131. The summed E-state index contributed by atoms with van der Waals surface area (Å²) < 4.78 is 26.7. The Morgan fingerprint density at radius 1 is 0.864 bits per heavy atom. The van der Waals surface area contributed by atoms with Crippen LogP contribution in [-0.2, 0) is 26.2 Å². The Morgan fingerprint density at radius 3 is 2.11 bits per heavy atom. The van der Waals surface area contributed by atoms with Crippen molar-refractivity contribution in [2.75, 3.05) is 10.5 Å². The fraction of sp³-hybridized carbons (Fsp3) is 0.484. The second-order valence-corrected chi connectivity index (χ2v) is 13.2. The summed E-state index contributed by atoms with van der Waals surface area (Å²) in [6.45, 7) is 8.92. The number of carboxylic acids is 1. The number of aromatic carboxylic acids is 1. The fourth-order valence-electron chi connectivity index (χ4n) is 4.46. The largest absolute Gasteiger partial charge is 0.478 e. The minimum absolute atomic E-state index is 0.0185. The first-order valence-corrected chi connectivity index (χ1v) is 16.3. The van der Waals surface area contributed by atoms with Gasteiger partial charge in [-0.15, -0.1) is 0 Å². The predicted octanol–water partition coefficient (Wildman–Crippen LogP) is 2.89. The van der Waals surface area contributed by atoms with E-state index in [1.54, 1.807) is 44.2 Å². The van der Waals surface area contributed by atoms with E-state index >= 15 is 0 Å². The molecule has 242 valence electrons. The summed E-state index contributed by atoms with van der Waals surface area (Å²) in [6.07, 6.45) is -0.188. The minimum Gasteiger partial charge on any atom is -0.478 e. The van der Waals surface area contributed by atoms with Gasteiger partial charge in [0.25, 0.3) is 5.91 Å². The molecule has 0 aromatic heterocycles. The van der Waals surface area contributed by atoms with E-state index in [-0.39, 0.29) is 41.5 Å². The van der Waals surface area contributed by atoms with Gasteiger partial charge in [0.1, 0.15) is 6.04 Å². The highest BCUT2D eigenvalue weighted by molar-refractivity contribution is 7.92. The second kappa shape index (κ2) is 16.8. The quantitative estimate of drug-likeness (QED) is 0.153. The van der Waals surface area contributed by atoms with E-state index in [0.717, 1.165) is 0 Å². The van der Waals surface area contributed by atoms with Crippen molar-refractivity contribution in [2.45, 2.75) is 78.6 Å². The molecule has 6 N–H and O–H groups in total. The fourth-order valence-corrected chi connectivity index (χ4v) is 5.58. The van der Waals surface area contributed by atoms with Crippen LogP contribution in [0.25, 0.3) is 0 Å². The molecule has 0 unspecified atom stereocenters. The Hall–Kier alpha value is -3.97. The Kier molecular flexibility index (Phi) is 13.8. The number of hydrogen-bond donors (Lipinski definition) is 6. The monoisotopic (exact) mass is 632 g/mol. The van der Waals surface area contributed by atoms with Crippen LogP contribution in [0.2, 0.25) is 0 Å². The number of anilines is 1. The summed E-state index contributed by atoms with van der Waals surface area (Å²) in [7, 11) is -3.54. The average molecular weight is 633 g/mol. The molecule has 2 rings (SSSR count). The molecule has 0 aliphatic carbocycles. The molecule has 0 saturated carbocycles. The summed E-state index contributed by atoms with van der Waals surface area (Å²) in [4.78, 5) is 49.5. The second-order valence-electron chi connectivity index (χ2n) is 11.4. The van der Waals surface area contributed by atoms with Crippen molar-refractivity contribution in [2.24, 2.45) is 11.8 Å². The number of hydrogen-bond acceptors (Lipinski definition) is 7. The summed E-state index contributed by atoms with van der Waals surface area (Å²) >= 11 is 0. The minimum atomic E-state index is -3.54. The lowest BCUT2D eigenvalue weighted by Crippen LogP contribution is -2.48. The van der Waals surface area contributed by atoms with Gasteiger partial charge in [-0.1, -0.05) is 45.9 Å². The summed E-state index contributed by atoms with van der Waals surface area (Å²) in [5.74, 6) is -3.05. The van der Waals surface area contributed by atoms with Crippen molar-refractivity contribution < 1.29 is 37.8 Å². The van der Waals surface area contributed by atoms with Crippen molar-refractivity contribution in [1.82, 2.24) is 16.0 Å². The molecule has 3 amide bonds. The first-order valence-electron chi connectivity index (χ1n) is 14.6. The van der Waals surface area contributed by atoms with Crippen LogP contribution in [0, 0.1) is 11.8 Å². The number of carbonyl (C=O) groups is 4. The topological polar surface area (TPSA) is 191 Å². The van der Waals surface area contributed by atoms with Crippen LogP contribution in [0.3, 0.4) is 0 Å². The van der Waals surface area contributed by atoms with E-state index in [1.165, 1.54) is 25.1 Å². The number of rotatable bonds is 17. The van der Waals surface area contributed by atoms with E-state index in [9.17, 15) is 32.7 Å². The molecule has 0 heterocycles. The molecule has 0 bridgehead atoms. The number of carboxylic acid groups (broad SMARTS) is 1. The Bertz CT molecular complexity index is 1400. The highest BCUT2D eigenvalue weighted by atomic mass is 32.2. The van der Waals surface area contributed by atoms with E-state index in [0.29, 0.717) is 18.4 Å². The van der Waals surface area contributed by atoms with Gasteiger partial charge in [0.15, 0.2) is 0 Å². The molecule has 0 spiro atoms. The van der Waals surface area contributed by atoms with E-state index < -0.39 is 57.8 Å². The van der Waals surface area contributed by atoms with Gasteiger partial charge in [0, 0.05) is 23.7 Å². The normalized spacial score (nSPS) is 14.2. The van der Waals surface area contributed by atoms with E-state index in [4.69, 9.17) is 5.11 Å². The Labute approximate surface area is 259 Å². The number of aliphatic hydroxyl groups excluding tert-OH is 1. The molecule has 0 saturated heterocycles. The van der Waals surface area contributed by atoms with Crippen molar-refractivity contribution in [1.29, 1.82) is 0 Å². The molecule has 44 heavy (non-hydrogen) atoms. The third-order valence-corrected chi connectivity index (χ3v) is 8.33. The standard InChI is InChI=1S/C31H44N4O8S/c1-6-14-44(42,43)35-25-9-7-8-24(17-25)30(39)34-26(15-19(2)3)27(36)16-20(4)28(37)33-21(5)29(38)32-18-22-10-12-23(13-11-22)31(40)41/h7-13,17,19-21,26-27,35-36H,6,14-16,18H2,1-5H3,(H,32,38)(H,33,37)(H,34,39)(H,40,41)/t20-,21+,26+,27+/m1/s1. The van der Waals surface area contributed by atoms with Crippen molar-refractivity contribution >= 4 is 39.4 Å². The Balaban J connectivity index is 1.96. The van der Waals surface area contributed by atoms with Crippen LogP contribution in [0.5, 0.6) is 0 Å². The van der Waals surface area contributed by atoms with Crippen molar-refractivity contribution in [3.63, 3.8) is 0 Å². The Morgan fingerprint density at radius 2 is 1.52 bits per heavy atom. The third kappa shape index (κ3) is 12.0. The number of nitrogens with one attached hydrogen (secondary N) is 4. The number of amides is 3. The van der Waals surface area contributed by atoms with Crippen LogP contribution in [0.4, 0.5) is 5.69 Å². The average Bonchev–Trinajstić information content (AvgIpc) is 2.95. The van der Waals surface area contributed by atoms with Gasteiger partial charge in [0.2, 0.25) is 21.8 Å². The summed E-state index contributed by atoms with van der Waals surface area (Å²) in [5, 5.41) is 28.2. The van der Waals surface area contributed by atoms with Gasteiger partial charge in [-0.05, 0) is 68.0 Å². The lowest BCUT2D eigenvalue weighted by atomic mass is 9.92. The molecular formula is C31H44N4O8S. The predicted molar refractivity (Wildman–Crippen MR) is 167 cm³/mol. The number of aliphatic hydroxyl groups is 1. The van der Waals surface area contributed by atoms with Gasteiger partial charge in [-0.2, -0.15) is 0 Å². The van der Waals surface area contributed by atoms with Gasteiger partial charge >= 0.3 is 5.97 Å². The number of carbonyl (C=O) groups excluding carboxylic acids is 3. The van der Waals surface area contributed by atoms with Crippen molar-refractivity contribution in [3.05, 3.63) is 65.2 Å². The van der Waals surface area contributed by atoms with Gasteiger partial charge < -0.3 is 26.2 Å². The number of sulfonamides is 1. The maximum atomic E-state index is 13.1. The van der Waals surface area contributed by atoms with Crippen LogP contribution in [0.15, 0.2) is 48.5 Å². The zero-order valence-corrected chi connectivity index (χ0v) is 26.6. The summed E-state index contributed by atoms with van der Waals surface area (Å²) in [6, 6.07) is 10.6. The highest BCUT2D eigenvalue weighted by Gasteiger charge is 2.28. The molecule has 2 aromatic rings. The molecule has 2 aromatic carbocycles. The maximum absolute atomic E-state index is 13.1. The smallest absolute Gasteiger partial charge is 0.335 e. The van der Waals surface area contributed by atoms with E-state index in [1.807, 2.05) is 13.8 Å². The van der Waals surface area contributed by atoms with Crippen LogP contribution >= 0.6 is 0 Å². The maximum Gasteiger partial charge on any atom is 0.335 e. The lowest BCUT2D eigenvalue weighted by Gasteiger charge is -2.28. The first-order chi connectivity index (χ1) is 20.6. The van der Waals surface area contributed by atoms with Crippen LogP contribution in [0.1, 0.15) is 80.2 Å². The van der Waals surface area contributed by atoms with Crippen LogP contribution < -0.4 is 20.7 Å². The number of benzene rings is 2. The molecule has 0 fully saturated rings. The zero-order chi connectivity index (χ0) is 33.0. The molecule has 4 atom stereocenters. The van der Waals surface area contributed by atoms with Crippen molar-refractivity contribution in [3.8, 4) is 0 Å². The molecule has 12 nitrogen and oxygen atoms in total. The first kappa shape index (κ1) is 36.2. The summed E-state index contributed by atoms with van der Waals surface area (Å²) in [5.41, 5.74) is 1.30. The van der Waals surface area contributed by atoms with E-state index in [2.05, 4.69) is 20.7 Å². The van der Waals surface area contributed by atoms with Gasteiger partial charge in [-0.3, -0.25) is 19.1 Å². The van der Waals surface area contributed by atoms with Gasteiger partial charge in [-0.25, -0.2) is 13.2 Å². The zero-order valence-electron chi connectivity index (χ0n) is 25.8. The van der Waals surface area contributed by atoms with Gasteiger partial charge in [0.05, 0.1) is 23.5 Å².